The highest BCUT2D eigenvalue weighted by molar-refractivity contribution is 5.66. The van der Waals surface area contributed by atoms with Gasteiger partial charge in [-0.25, -0.2) is 17.6 Å². The quantitative estimate of drug-likeness (QED) is 0.335. The molecule has 3 aromatic carbocycles. The summed E-state index contributed by atoms with van der Waals surface area (Å²) in [6.07, 6.45) is 1.60. The monoisotopic (exact) mass is 396 g/mol. The first kappa shape index (κ1) is 20.7. The van der Waals surface area contributed by atoms with Crippen molar-refractivity contribution in [2.45, 2.75) is 33.1 Å². The molecule has 29 heavy (non-hydrogen) atoms. The summed E-state index contributed by atoms with van der Waals surface area (Å²) in [5.41, 5.74) is 1.87. The zero-order chi connectivity index (χ0) is 21.0. The second-order valence-corrected chi connectivity index (χ2v) is 6.73. The number of rotatable bonds is 4. The van der Waals surface area contributed by atoms with Crippen LogP contribution in [-0.4, -0.2) is 0 Å². The molecule has 0 amide bonds. The Hall–Kier alpha value is -3.06. The van der Waals surface area contributed by atoms with Crippen molar-refractivity contribution in [3.8, 4) is 23.0 Å². The Morgan fingerprint density at radius 2 is 1.31 bits per heavy atom. The number of hydrogen-bond donors (Lipinski definition) is 0. The van der Waals surface area contributed by atoms with Gasteiger partial charge in [-0.15, -0.1) is 0 Å². The molecule has 0 bridgehead atoms. The normalized spacial score (nSPS) is 10.6. The average Bonchev–Trinajstić information content (AvgIpc) is 2.73. The minimum atomic E-state index is -0.950. The van der Waals surface area contributed by atoms with Gasteiger partial charge in [0.1, 0.15) is 0 Å². The predicted molar refractivity (Wildman–Crippen MR) is 108 cm³/mol. The smallest absolute Gasteiger partial charge is 0.174 e. The first-order valence-corrected chi connectivity index (χ1v) is 9.52. The van der Waals surface area contributed by atoms with Crippen LogP contribution in [0.3, 0.4) is 0 Å². The highest BCUT2D eigenvalue weighted by Crippen LogP contribution is 2.27. The Balaban J connectivity index is 1.86. The fraction of sp³-hybridized carbons (Fsp3) is 0.200. The number of hydrogen-bond acceptors (Lipinski definition) is 0. The van der Waals surface area contributed by atoms with Crippen molar-refractivity contribution in [2.75, 3.05) is 0 Å². The van der Waals surface area contributed by atoms with E-state index in [9.17, 15) is 17.6 Å². The molecule has 0 heterocycles. The molecular formula is C25H20F4. The predicted octanol–water partition coefficient (Wildman–Crippen LogP) is 6.82. The summed E-state index contributed by atoms with van der Waals surface area (Å²) in [5, 5.41) is 0. The Labute approximate surface area is 168 Å². The minimum Gasteiger partial charge on any atom is -0.203 e. The average molecular weight is 396 g/mol. The second-order valence-electron chi connectivity index (χ2n) is 6.73. The van der Waals surface area contributed by atoms with E-state index in [2.05, 4.69) is 11.8 Å². The lowest BCUT2D eigenvalue weighted by Crippen LogP contribution is -1.97. The molecule has 0 atom stereocenters. The number of benzene rings is 3. The van der Waals surface area contributed by atoms with E-state index >= 15 is 0 Å². The minimum absolute atomic E-state index is 0.0188. The van der Waals surface area contributed by atoms with Crippen molar-refractivity contribution in [1.82, 2.24) is 0 Å². The first-order valence-electron chi connectivity index (χ1n) is 9.52. The molecule has 0 saturated heterocycles. The van der Waals surface area contributed by atoms with Crippen LogP contribution in [-0.2, 0) is 12.8 Å². The highest BCUT2D eigenvalue weighted by Gasteiger charge is 2.14. The van der Waals surface area contributed by atoms with Crippen LogP contribution in [0.25, 0.3) is 11.1 Å². The second kappa shape index (κ2) is 8.96. The molecule has 0 radical (unpaired) electrons. The van der Waals surface area contributed by atoms with Gasteiger partial charge in [-0.1, -0.05) is 62.4 Å². The summed E-state index contributed by atoms with van der Waals surface area (Å²) in [5.74, 6) is 1.89. The van der Waals surface area contributed by atoms with Crippen molar-refractivity contribution in [2.24, 2.45) is 0 Å². The Kier molecular flexibility index (Phi) is 6.39. The van der Waals surface area contributed by atoms with E-state index in [0.717, 1.165) is 6.42 Å². The largest absolute Gasteiger partial charge is 0.203 e. The van der Waals surface area contributed by atoms with E-state index in [4.69, 9.17) is 0 Å². The third-order valence-corrected chi connectivity index (χ3v) is 4.76. The summed E-state index contributed by atoms with van der Waals surface area (Å²) in [6.45, 7) is 3.66. The molecule has 0 nitrogen and oxygen atoms in total. The zero-order valence-electron chi connectivity index (χ0n) is 16.3. The van der Waals surface area contributed by atoms with Crippen LogP contribution < -0.4 is 0 Å². The highest BCUT2D eigenvalue weighted by atomic mass is 19.2. The summed E-state index contributed by atoms with van der Waals surface area (Å²) >= 11 is 0. The summed E-state index contributed by atoms with van der Waals surface area (Å²) < 4.78 is 56.5. The van der Waals surface area contributed by atoms with E-state index in [-0.39, 0.29) is 11.1 Å². The van der Waals surface area contributed by atoms with E-state index in [1.807, 2.05) is 6.92 Å². The molecule has 0 saturated carbocycles. The number of halogens is 4. The fourth-order valence-electron chi connectivity index (χ4n) is 3.11. The maximum atomic E-state index is 14.3. The number of aryl methyl sites for hydroxylation is 2. The van der Waals surface area contributed by atoms with Gasteiger partial charge in [0, 0.05) is 11.1 Å². The van der Waals surface area contributed by atoms with Gasteiger partial charge in [-0.05, 0) is 47.7 Å². The summed E-state index contributed by atoms with van der Waals surface area (Å²) in [7, 11) is 0. The lowest BCUT2D eigenvalue weighted by atomic mass is 10.0. The van der Waals surface area contributed by atoms with Gasteiger partial charge >= 0.3 is 0 Å². The lowest BCUT2D eigenvalue weighted by molar-refractivity contribution is 0.496. The molecule has 0 aliphatic heterocycles. The Morgan fingerprint density at radius 3 is 1.97 bits per heavy atom. The molecular weight excluding hydrogens is 376 g/mol. The van der Waals surface area contributed by atoms with Crippen LogP contribution >= 0.6 is 0 Å². The molecule has 0 aromatic heterocycles. The van der Waals surface area contributed by atoms with Crippen molar-refractivity contribution in [1.29, 1.82) is 0 Å². The van der Waals surface area contributed by atoms with Crippen LogP contribution in [0.15, 0.2) is 48.5 Å². The maximum Gasteiger partial charge on any atom is 0.174 e. The van der Waals surface area contributed by atoms with Gasteiger partial charge in [-0.3, -0.25) is 0 Å². The SMILES string of the molecule is CCCc1ccc(C#Cc2ccc(-c3ccc(CC)c(F)c3F)cc2)c(F)c1F. The van der Waals surface area contributed by atoms with Crippen molar-refractivity contribution in [3.63, 3.8) is 0 Å². The van der Waals surface area contributed by atoms with Crippen molar-refractivity contribution < 1.29 is 17.6 Å². The topological polar surface area (TPSA) is 0 Å². The molecule has 0 aliphatic rings. The van der Waals surface area contributed by atoms with Crippen molar-refractivity contribution >= 4 is 0 Å². The molecule has 0 fully saturated rings. The van der Waals surface area contributed by atoms with Gasteiger partial charge in [0.15, 0.2) is 23.3 Å². The molecule has 148 valence electrons. The zero-order valence-corrected chi connectivity index (χ0v) is 16.3. The van der Waals surface area contributed by atoms with Crippen LogP contribution in [0.5, 0.6) is 0 Å². The van der Waals surface area contributed by atoms with E-state index in [0.29, 0.717) is 35.1 Å². The lowest BCUT2D eigenvalue weighted by Gasteiger charge is -2.07. The molecule has 0 aliphatic carbocycles. The Bertz CT molecular complexity index is 1090. The standard InChI is InChI=1S/C25H20F4/c1-3-5-19-12-13-20(24(28)23(19)27)11-8-16-6-9-18(10-7-16)21-15-14-17(4-2)22(26)25(21)29/h6-7,9-10,12-15H,3-5H2,1-2H3. The van der Waals surface area contributed by atoms with Crippen LogP contribution in [0.2, 0.25) is 0 Å². The molecule has 0 N–H and O–H groups in total. The van der Waals surface area contributed by atoms with Gasteiger partial charge in [-0.2, -0.15) is 0 Å². The third-order valence-electron chi connectivity index (χ3n) is 4.76. The van der Waals surface area contributed by atoms with Gasteiger partial charge in [0.05, 0.1) is 5.56 Å². The van der Waals surface area contributed by atoms with Gasteiger partial charge in [0.25, 0.3) is 0 Å². The van der Waals surface area contributed by atoms with E-state index < -0.39 is 23.3 Å². The third kappa shape index (κ3) is 4.35. The molecule has 0 spiro atoms. The molecule has 3 aromatic rings. The van der Waals surface area contributed by atoms with Crippen LogP contribution in [0.4, 0.5) is 17.6 Å². The van der Waals surface area contributed by atoms with Gasteiger partial charge < -0.3 is 0 Å². The maximum absolute atomic E-state index is 14.3. The summed E-state index contributed by atoms with van der Waals surface area (Å²) in [6, 6.07) is 12.6. The molecule has 3 rings (SSSR count). The molecule has 0 unspecified atom stereocenters. The van der Waals surface area contributed by atoms with Crippen LogP contribution in [0.1, 0.15) is 42.5 Å². The van der Waals surface area contributed by atoms with E-state index in [1.165, 1.54) is 6.07 Å². The fourth-order valence-corrected chi connectivity index (χ4v) is 3.11. The van der Waals surface area contributed by atoms with Crippen LogP contribution in [0, 0.1) is 35.1 Å². The Morgan fingerprint density at radius 1 is 0.655 bits per heavy atom. The molecule has 4 heteroatoms. The first-order chi connectivity index (χ1) is 14.0. The van der Waals surface area contributed by atoms with Gasteiger partial charge in [0.2, 0.25) is 0 Å². The van der Waals surface area contributed by atoms with Crippen molar-refractivity contribution in [3.05, 3.63) is 94.1 Å². The summed E-state index contributed by atoms with van der Waals surface area (Å²) in [4.78, 5) is 0. The van der Waals surface area contributed by atoms with E-state index in [1.54, 1.807) is 49.4 Å².